The van der Waals surface area contributed by atoms with Crippen molar-refractivity contribution in [1.82, 2.24) is 0 Å². The van der Waals surface area contributed by atoms with Gasteiger partial charge in [-0.15, -0.1) is 6.42 Å². The molecule has 0 heterocycles. The lowest BCUT2D eigenvalue weighted by Crippen LogP contribution is -2.22. The van der Waals surface area contributed by atoms with Gasteiger partial charge in [-0.3, -0.25) is 0 Å². The molecule has 2 aliphatic rings. The minimum absolute atomic E-state index is 0.0630. The molecule has 0 heteroatoms. The lowest BCUT2D eigenvalue weighted by Gasteiger charge is -2.30. The predicted molar refractivity (Wildman–Crippen MR) is 83.0 cm³/mol. The SMILES string of the molecule is C#CC1(c2ccccc2)CC12C=C(c1ccccc1)C2. The minimum atomic E-state index is -0.0630. The Morgan fingerprint density at radius 2 is 1.50 bits per heavy atom. The zero-order valence-corrected chi connectivity index (χ0v) is 11.3. The molecule has 2 aromatic carbocycles. The largest absolute Gasteiger partial charge is 0.119 e. The summed E-state index contributed by atoms with van der Waals surface area (Å²) in [7, 11) is 0. The van der Waals surface area contributed by atoms with E-state index in [9.17, 15) is 0 Å². The Labute approximate surface area is 120 Å². The summed E-state index contributed by atoms with van der Waals surface area (Å²) in [5.74, 6) is 3.09. The van der Waals surface area contributed by atoms with Crippen LogP contribution in [0.5, 0.6) is 0 Å². The number of hydrogen-bond donors (Lipinski definition) is 0. The van der Waals surface area contributed by atoms with Gasteiger partial charge >= 0.3 is 0 Å². The highest BCUT2D eigenvalue weighted by atomic mass is 14.7. The van der Waals surface area contributed by atoms with Crippen LogP contribution in [0.3, 0.4) is 0 Å². The molecule has 0 saturated heterocycles. The molecule has 1 spiro atoms. The molecule has 20 heavy (non-hydrogen) atoms. The third-order valence-corrected chi connectivity index (χ3v) is 4.92. The maximum absolute atomic E-state index is 5.89. The van der Waals surface area contributed by atoms with Gasteiger partial charge < -0.3 is 0 Å². The number of allylic oxidation sites excluding steroid dienone is 2. The molecule has 96 valence electrons. The number of rotatable bonds is 2. The van der Waals surface area contributed by atoms with Crippen molar-refractivity contribution < 1.29 is 0 Å². The molecule has 0 aliphatic heterocycles. The molecule has 0 amide bonds. The smallest absolute Gasteiger partial charge is 0.0663 e. The third kappa shape index (κ3) is 1.38. The lowest BCUT2D eigenvalue weighted by atomic mass is 9.72. The van der Waals surface area contributed by atoms with Gasteiger partial charge in [-0.1, -0.05) is 72.7 Å². The molecule has 0 nitrogen and oxygen atoms in total. The van der Waals surface area contributed by atoms with Crippen molar-refractivity contribution in [2.75, 3.05) is 0 Å². The van der Waals surface area contributed by atoms with Crippen LogP contribution >= 0.6 is 0 Å². The van der Waals surface area contributed by atoms with Crippen LogP contribution in [0.15, 0.2) is 66.7 Å². The van der Waals surface area contributed by atoms with Crippen molar-refractivity contribution in [3.8, 4) is 12.3 Å². The van der Waals surface area contributed by atoms with E-state index in [4.69, 9.17) is 6.42 Å². The molecule has 1 fully saturated rings. The summed E-state index contributed by atoms with van der Waals surface area (Å²) in [6.07, 6.45) is 10.5. The van der Waals surface area contributed by atoms with Crippen LogP contribution in [-0.2, 0) is 5.41 Å². The summed E-state index contributed by atoms with van der Waals surface area (Å²) in [6, 6.07) is 21.2. The monoisotopic (exact) mass is 256 g/mol. The van der Waals surface area contributed by atoms with E-state index in [1.807, 2.05) is 0 Å². The predicted octanol–water partition coefficient (Wildman–Crippen LogP) is 4.44. The first-order valence-corrected chi connectivity index (χ1v) is 7.10. The quantitative estimate of drug-likeness (QED) is 0.697. The van der Waals surface area contributed by atoms with Gasteiger partial charge in [0.2, 0.25) is 0 Å². The van der Waals surface area contributed by atoms with Crippen molar-refractivity contribution in [1.29, 1.82) is 0 Å². The van der Waals surface area contributed by atoms with E-state index in [-0.39, 0.29) is 10.8 Å². The highest BCUT2D eigenvalue weighted by Crippen LogP contribution is 2.73. The van der Waals surface area contributed by atoms with Crippen molar-refractivity contribution in [2.24, 2.45) is 5.41 Å². The van der Waals surface area contributed by atoms with E-state index in [1.165, 1.54) is 16.7 Å². The van der Waals surface area contributed by atoms with Gasteiger partial charge in [0, 0.05) is 5.41 Å². The normalized spacial score (nSPS) is 30.2. The van der Waals surface area contributed by atoms with Gasteiger partial charge in [-0.05, 0) is 29.5 Å². The van der Waals surface area contributed by atoms with E-state index in [0.29, 0.717) is 0 Å². The van der Waals surface area contributed by atoms with Crippen molar-refractivity contribution in [3.05, 3.63) is 77.9 Å². The van der Waals surface area contributed by atoms with E-state index in [0.717, 1.165) is 12.8 Å². The Kier molecular flexibility index (Phi) is 2.24. The molecule has 0 aromatic heterocycles. The second kappa shape index (κ2) is 3.87. The number of benzene rings is 2. The molecule has 2 aliphatic carbocycles. The van der Waals surface area contributed by atoms with Gasteiger partial charge in [-0.25, -0.2) is 0 Å². The molecule has 1 saturated carbocycles. The fourth-order valence-corrected chi connectivity index (χ4v) is 3.69. The van der Waals surface area contributed by atoms with Crippen LogP contribution < -0.4 is 0 Å². The van der Waals surface area contributed by atoms with E-state index in [1.54, 1.807) is 0 Å². The molecular weight excluding hydrogens is 240 g/mol. The summed E-state index contributed by atoms with van der Waals surface area (Å²) in [5, 5.41) is 0. The second-order valence-corrected chi connectivity index (χ2v) is 5.96. The first kappa shape index (κ1) is 11.6. The molecular formula is C20H16. The summed E-state index contributed by atoms with van der Waals surface area (Å²) in [4.78, 5) is 0. The van der Waals surface area contributed by atoms with Crippen LogP contribution in [0, 0.1) is 17.8 Å². The Morgan fingerprint density at radius 3 is 2.10 bits per heavy atom. The molecule has 2 unspecified atom stereocenters. The Hall–Kier alpha value is -2.26. The molecule has 2 aromatic rings. The maximum atomic E-state index is 5.89. The second-order valence-electron chi connectivity index (χ2n) is 5.96. The zero-order chi connectivity index (χ0) is 13.6. The fraction of sp³-hybridized carbons (Fsp3) is 0.200. The first-order chi connectivity index (χ1) is 9.80. The van der Waals surface area contributed by atoms with Gasteiger partial charge in [0.05, 0.1) is 5.41 Å². The Bertz CT molecular complexity index is 718. The summed E-state index contributed by atoms with van der Waals surface area (Å²) >= 11 is 0. The third-order valence-electron chi connectivity index (χ3n) is 4.92. The number of hydrogen-bond acceptors (Lipinski definition) is 0. The van der Waals surface area contributed by atoms with Gasteiger partial charge in [0.25, 0.3) is 0 Å². The molecule has 0 N–H and O–H groups in total. The van der Waals surface area contributed by atoms with Crippen LogP contribution in [0.4, 0.5) is 0 Å². The van der Waals surface area contributed by atoms with Gasteiger partial charge in [0.1, 0.15) is 0 Å². The van der Waals surface area contributed by atoms with Crippen LogP contribution in [0.2, 0.25) is 0 Å². The number of terminal acetylenes is 1. The Morgan fingerprint density at radius 1 is 0.900 bits per heavy atom. The summed E-state index contributed by atoms with van der Waals surface area (Å²) in [6.45, 7) is 0. The minimum Gasteiger partial charge on any atom is -0.119 e. The van der Waals surface area contributed by atoms with E-state index in [2.05, 4.69) is 72.7 Å². The molecule has 4 rings (SSSR count). The average Bonchev–Trinajstić information content (AvgIpc) is 3.18. The fourth-order valence-electron chi connectivity index (χ4n) is 3.69. The van der Waals surface area contributed by atoms with E-state index < -0.39 is 0 Å². The van der Waals surface area contributed by atoms with Crippen LogP contribution in [0.25, 0.3) is 5.57 Å². The Balaban J connectivity index is 1.68. The standard InChI is InChI=1S/C20H16/c1-2-20(18-11-7-4-8-12-18)15-19(20)13-17(14-19)16-9-5-3-6-10-16/h1,3-13H,14-15H2. The van der Waals surface area contributed by atoms with Crippen molar-refractivity contribution >= 4 is 5.57 Å². The zero-order valence-electron chi connectivity index (χ0n) is 11.3. The van der Waals surface area contributed by atoms with Crippen LogP contribution in [0.1, 0.15) is 24.0 Å². The van der Waals surface area contributed by atoms with E-state index >= 15 is 0 Å². The van der Waals surface area contributed by atoms with Crippen molar-refractivity contribution in [2.45, 2.75) is 18.3 Å². The summed E-state index contributed by atoms with van der Waals surface area (Å²) < 4.78 is 0. The van der Waals surface area contributed by atoms with Crippen LogP contribution in [-0.4, -0.2) is 0 Å². The molecule has 0 radical (unpaired) electrons. The summed E-state index contributed by atoms with van der Waals surface area (Å²) in [5.41, 5.74) is 4.23. The van der Waals surface area contributed by atoms with Gasteiger partial charge in [0.15, 0.2) is 0 Å². The highest BCUT2D eigenvalue weighted by Gasteiger charge is 2.69. The first-order valence-electron chi connectivity index (χ1n) is 7.10. The van der Waals surface area contributed by atoms with Gasteiger partial charge in [-0.2, -0.15) is 0 Å². The molecule has 0 bridgehead atoms. The maximum Gasteiger partial charge on any atom is 0.0663 e. The topological polar surface area (TPSA) is 0 Å². The lowest BCUT2D eigenvalue weighted by molar-refractivity contribution is 0.556. The highest BCUT2D eigenvalue weighted by molar-refractivity contribution is 5.77. The van der Waals surface area contributed by atoms with Crippen molar-refractivity contribution in [3.63, 3.8) is 0 Å². The molecule has 2 atom stereocenters. The average molecular weight is 256 g/mol.